The number of nitrogens with one attached hydrogen (secondary N) is 1. The molecule has 1 aliphatic heterocycles. The summed E-state index contributed by atoms with van der Waals surface area (Å²) in [5.74, 6) is 5.67. The van der Waals surface area contributed by atoms with Crippen molar-refractivity contribution in [2.24, 2.45) is 5.73 Å². The highest BCUT2D eigenvalue weighted by atomic mass is 16.2. The van der Waals surface area contributed by atoms with Gasteiger partial charge in [-0.05, 0) is 30.7 Å². The molecule has 1 aromatic rings. The van der Waals surface area contributed by atoms with Crippen LogP contribution in [0.4, 0.5) is 0 Å². The lowest BCUT2D eigenvalue weighted by Gasteiger charge is -2.19. The number of amides is 2. The Bertz CT molecular complexity index is 614. The summed E-state index contributed by atoms with van der Waals surface area (Å²) >= 11 is 0. The number of carbonyl (C=O) groups excluding carboxylic acids is 2. The maximum Gasteiger partial charge on any atom is 0.253 e. The minimum atomic E-state index is -0.0639. The highest BCUT2D eigenvalue weighted by Gasteiger charge is 2.20. The summed E-state index contributed by atoms with van der Waals surface area (Å²) < 4.78 is 0. The zero-order chi connectivity index (χ0) is 15.2. The second-order valence-electron chi connectivity index (χ2n) is 4.99. The average molecular weight is 285 g/mol. The molecule has 1 saturated heterocycles. The van der Waals surface area contributed by atoms with Gasteiger partial charge in [0.05, 0.1) is 6.54 Å². The van der Waals surface area contributed by atoms with E-state index in [4.69, 9.17) is 5.73 Å². The number of nitrogens with two attached hydrogens (primary N) is 1. The highest BCUT2D eigenvalue weighted by Crippen LogP contribution is 2.12. The largest absolute Gasteiger partial charge is 0.354 e. The van der Waals surface area contributed by atoms with Crippen molar-refractivity contribution >= 4 is 11.8 Å². The van der Waals surface area contributed by atoms with E-state index >= 15 is 0 Å². The fourth-order valence-electron chi connectivity index (χ4n) is 2.28. The smallest absolute Gasteiger partial charge is 0.253 e. The molecule has 0 atom stereocenters. The summed E-state index contributed by atoms with van der Waals surface area (Å²) in [6.07, 6.45) is 0.345. The molecule has 0 unspecified atom stereocenters. The van der Waals surface area contributed by atoms with Gasteiger partial charge in [-0.2, -0.15) is 0 Å². The molecule has 1 aliphatic rings. The van der Waals surface area contributed by atoms with Gasteiger partial charge in [-0.3, -0.25) is 9.59 Å². The highest BCUT2D eigenvalue weighted by molar-refractivity contribution is 5.95. The zero-order valence-electron chi connectivity index (χ0n) is 12.1. The molecule has 5 heteroatoms. The van der Waals surface area contributed by atoms with Crippen LogP contribution in [0.1, 0.15) is 27.9 Å². The standard InChI is InChI=1S/C16H19N3O2/c1-12-9-13(3-2-5-17)11-14(10-12)16(21)19-7-4-15(20)18-6-8-19/h9-11H,4-8,17H2,1H3,(H,18,20). The van der Waals surface area contributed by atoms with Gasteiger partial charge >= 0.3 is 0 Å². The molecule has 1 aromatic carbocycles. The Labute approximate surface area is 124 Å². The van der Waals surface area contributed by atoms with Gasteiger partial charge in [0.25, 0.3) is 5.91 Å². The minimum Gasteiger partial charge on any atom is -0.354 e. The monoisotopic (exact) mass is 285 g/mol. The SMILES string of the molecule is Cc1cc(C#CCN)cc(C(=O)N2CCNC(=O)CC2)c1. The van der Waals surface area contributed by atoms with Crippen molar-refractivity contribution in [2.45, 2.75) is 13.3 Å². The van der Waals surface area contributed by atoms with Crippen LogP contribution in [0.25, 0.3) is 0 Å². The number of benzene rings is 1. The first-order valence-corrected chi connectivity index (χ1v) is 6.97. The molecular weight excluding hydrogens is 266 g/mol. The first kappa shape index (κ1) is 15.1. The van der Waals surface area contributed by atoms with Crippen LogP contribution < -0.4 is 11.1 Å². The summed E-state index contributed by atoms with van der Waals surface area (Å²) in [6, 6.07) is 5.54. The van der Waals surface area contributed by atoms with Crippen LogP contribution in [0.15, 0.2) is 18.2 Å². The molecule has 0 radical (unpaired) electrons. The molecule has 1 heterocycles. The van der Waals surface area contributed by atoms with Gasteiger partial charge in [-0.1, -0.05) is 11.8 Å². The van der Waals surface area contributed by atoms with E-state index in [1.807, 2.05) is 19.1 Å². The molecule has 3 N–H and O–H groups in total. The van der Waals surface area contributed by atoms with E-state index < -0.39 is 0 Å². The second kappa shape index (κ2) is 6.91. The van der Waals surface area contributed by atoms with E-state index in [2.05, 4.69) is 17.2 Å². The molecular formula is C16H19N3O2. The predicted octanol–water partition coefficient (Wildman–Crippen LogP) is 0.267. The van der Waals surface area contributed by atoms with E-state index in [-0.39, 0.29) is 18.4 Å². The summed E-state index contributed by atoms with van der Waals surface area (Å²) in [7, 11) is 0. The van der Waals surface area contributed by atoms with Crippen molar-refractivity contribution in [1.82, 2.24) is 10.2 Å². The summed E-state index contributed by atoms with van der Waals surface area (Å²) in [5.41, 5.74) is 7.74. The molecule has 0 aliphatic carbocycles. The van der Waals surface area contributed by atoms with Gasteiger partial charge in [0, 0.05) is 37.2 Å². The number of hydrogen-bond donors (Lipinski definition) is 2. The third-order valence-electron chi connectivity index (χ3n) is 3.26. The Balaban J connectivity index is 2.22. The maximum absolute atomic E-state index is 12.6. The van der Waals surface area contributed by atoms with E-state index in [1.54, 1.807) is 11.0 Å². The first-order valence-electron chi connectivity index (χ1n) is 6.97. The predicted molar refractivity (Wildman–Crippen MR) is 80.6 cm³/mol. The minimum absolute atomic E-state index is 0.0101. The van der Waals surface area contributed by atoms with Crippen LogP contribution in [0.5, 0.6) is 0 Å². The van der Waals surface area contributed by atoms with Crippen LogP contribution >= 0.6 is 0 Å². The topological polar surface area (TPSA) is 75.4 Å². The van der Waals surface area contributed by atoms with Crippen LogP contribution in [-0.4, -0.2) is 42.9 Å². The third-order valence-corrected chi connectivity index (χ3v) is 3.26. The van der Waals surface area contributed by atoms with Crippen LogP contribution in [0.2, 0.25) is 0 Å². The molecule has 0 bridgehead atoms. The Morgan fingerprint density at radius 1 is 1.38 bits per heavy atom. The molecule has 2 amide bonds. The Morgan fingerprint density at radius 2 is 2.19 bits per heavy atom. The lowest BCUT2D eigenvalue weighted by atomic mass is 10.1. The Hall–Kier alpha value is -2.32. The van der Waals surface area contributed by atoms with Crippen molar-refractivity contribution < 1.29 is 9.59 Å². The van der Waals surface area contributed by atoms with Crippen molar-refractivity contribution in [1.29, 1.82) is 0 Å². The first-order chi connectivity index (χ1) is 10.1. The lowest BCUT2D eigenvalue weighted by Crippen LogP contribution is -2.34. The summed E-state index contributed by atoms with van der Waals surface area (Å²) in [4.78, 5) is 25.6. The van der Waals surface area contributed by atoms with Crippen molar-refractivity contribution in [3.8, 4) is 11.8 Å². The third kappa shape index (κ3) is 4.07. The fraction of sp³-hybridized carbons (Fsp3) is 0.375. The normalized spacial score (nSPS) is 14.8. The van der Waals surface area contributed by atoms with Crippen LogP contribution in [0, 0.1) is 18.8 Å². The van der Waals surface area contributed by atoms with Gasteiger partial charge < -0.3 is 16.0 Å². The van der Waals surface area contributed by atoms with Gasteiger partial charge in [0.1, 0.15) is 0 Å². The maximum atomic E-state index is 12.6. The van der Waals surface area contributed by atoms with E-state index in [0.717, 1.165) is 11.1 Å². The summed E-state index contributed by atoms with van der Waals surface area (Å²) in [6.45, 7) is 3.69. The number of hydrogen-bond acceptors (Lipinski definition) is 3. The molecule has 0 saturated carbocycles. The molecule has 21 heavy (non-hydrogen) atoms. The van der Waals surface area contributed by atoms with Gasteiger partial charge in [0.15, 0.2) is 0 Å². The van der Waals surface area contributed by atoms with Gasteiger partial charge in [-0.25, -0.2) is 0 Å². The van der Waals surface area contributed by atoms with E-state index in [0.29, 0.717) is 31.6 Å². The molecule has 5 nitrogen and oxygen atoms in total. The number of rotatable bonds is 1. The Kier molecular flexibility index (Phi) is 4.96. The molecule has 1 fully saturated rings. The van der Waals surface area contributed by atoms with Gasteiger partial charge in [0.2, 0.25) is 5.91 Å². The van der Waals surface area contributed by atoms with E-state index in [1.165, 1.54) is 0 Å². The zero-order valence-corrected chi connectivity index (χ0v) is 12.1. The van der Waals surface area contributed by atoms with Gasteiger partial charge in [-0.15, -0.1) is 0 Å². The molecule has 2 rings (SSSR count). The van der Waals surface area contributed by atoms with Crippen LogP contribution in [-0.2, 0) is 4.79 Å². The fourth-order valence-corrected chi connectivity index (χ4v) is 2.28. The average Bonchev–Trinajstić information content (AvgIpc) is 2.68. The molecule has 110 valence electrons. The van der Waals surface area contributed by atoms with Crippen molar-refractivity contribution in [2.75, 3.05) is 26.2 Å². The summed E-state index contributed by atoms with van der Waals surface area (Å²) in [5, 5.41) is 2.76. The molecule has 0 aromatic heterocycles. The Morgan fingerprint density at radius 3 is 2.95 bits per heavy atom. The van der Waals surface area contributed by atoms with Crippen molar-refractivity contribution in [3.63, 3.8) is 0 Å². The van der Waals surface area contributed by atoms with Crippen molar-refractivity contribution in [3.05, 3.63) is 34.9 Å². The quantitative estimate of drug-likeness (QED) is 0.727. The second-order valence-corrected chi connectivity index (χ2v) is 4.99. The van der Waals surface area contributed by atoms with E-state index in [9.17, 15) is 9.59 Å². The van der Waals surface area contributed by atoms with Crippen LogP contribution in [0.3, 0.4) is 0 Å². The number of aryl methyl sites for hydroxylation is 1. The number of nitrogens with zero attached hydrogens (tertiary/aromatic N) is 1. The molecule has 0 spiro atoms. The number of carbonyl (C=O) groups is 2. The lowest BCUT2D eigenvalue weighted by molar-refractivity contribution is -0.120.